The SMILES string of the molecule is [CH2]Oc1ccc(-c2ncn[nH]2)cc1-c1ncn[nH]1. The maximum absolute atomic E-state index is 5.06. The smallest absolute Gasteiger partial charge is 0.159 e. The fourth-order valence-corrected chi connectivity index (χ4v) is 1.67. The lowest BCUT2D eigenvalue weighted by Gasteiger charge is -2.07. The van der Waals surface area contributed by atoms with Crippen LogP contribution in [0.4, 0.5) is 0 Å². The van der Waals surface area contributed by atoms with Crippen LogP contribution in [0, 0.1) is 7.11 Å². The van der Waals surface area contributed by atoms with Crippen molar-refractivity contribution in [2.24, 2.45) is 0 Å². The van der Waals surface area contributed by atoms with Crippen LogP contribution in [-0.4, -0.2) is 30.4 Å². The van der Waals surface area contributed by atoms with Gasteiger partial charge >= 0.3 is 0 Å². The molecular weight excluding hydrogens is 232 g/mol. The van der Waals surface area contributed by atoms with Gasteiger partial charge in [0.2, 0.25) is 0 Å². The average molecular weight is 241 g/mol. The molecule has 0 fully saturated rings. The molecule has 1 radical (unpaired) electrons. The van der Waals surface area contributed by atoms with E-state index in [0.717, 1.165) is 11.1 Å². The number of nitrogens with zero attached hydrogens (tertiary/aromatic N) is 4. The molecule has 7 nitrogen and oxygen atoms in total. The van der Waals surface area contributed by atoms with E-state index in [9.17, 15) is 0 Å². The van der Waals surface area contributed by atoms with Gasteiger partial charge in [-0.3, -0.25) is 10.2 Å². The molecule has 2 heterocycles. The second-order valence-corrected chi connectivity index (χ2v) is 3.52. The summed E-state index contributed by atoms with van der Waals surface area (Å²) in [5, 5.41) is 13.2. The topological polar surface area (TPSA) is 92.4 Å². The van der Waals surface area contributed by atoms with Crippen LogP contribution in [0.5, 0.6) is 5.75 Å². The zero-order valence-electron chi connectivity index (χ0n) is 9.29. The second kappa shape index (κ2) is 4.28. The van der Waals surface area contributed by atoms with Crippen LogP contribution in [0.3, 0.4) is 0 Å². The summed E-state index contributed by atoms with van der Waals surface area (Å²) in [7, 11) is 3.42. The Balaban J connectivity index is 2.14. The van der Waals surface area contributed by atoms with Gasteiger partial charge in [-0.15, -0.1) is 0 Å². The van der Waals surface area contributed by atoms with Crippen LogP contribution in [0.1, 0.15) is 0 Å². The third kappa shape index (κ3) is 1.71. The Bertz CT molecular complexity index is 632. The molecule has 2 N–H and O–H groups in total. The van der Waals surface area contributed by atoms with Gasteiger partial charge in [-0.1, -0.05) is 0 Å². The summed E-state index contributed by atoms with van der Waals surface area (Å²) in [5.41, 5.74) is 1.64. The van der Waals surface area contributed by atoms with Crippen LogP contribution in [0.25, 0.3) is 22.8 Å². The van der Waals surface area contributed by atoms with Crippen molar-refractivity contribution in [3.8, 4) is 28.5 Å². The average Bonchev–Trinajstić information content (AvgIpc) is 3.11. The number of nitrogens with one attached hydrogen (secondary N) is 2. The van der Waals surface area contributed by atoms with Crippen molar-refractivity contribution in [2.45, 2.75) is 0 Å². The fourth-order valence-electron chi connectivity index (χ4n) is 1.67. The first kappa shape index (κ1) is 10.5. The molecule has 0 aliphatic carbocycles. The number of hydrogen-bond acceptors (Lipinski definition) is 5. The number of H-pyrrole nitrogens is 2. The van der Waals surface area contributed by atoms with E-state index in [-0.39, 0.29) is 0 Å². The molecule has 2 aromatic heterocycles. The summed E-state index contributed by atoms with van der Waals surface area (Å²) in [6, 6.07) is 5.53. The van der Waals surface area contributed by atoms with Gasteiger partial charge in [0.1, 0.15) is 25.5 Å². The largest absolute Gasteiger partial charge is 0.489 e. The second-order valence-electron chi connectivity index (χ2n) is 3.52. The van der Waals surface area contributed by atoms with Crippen molar-refractivity contribution in [1.82, 2.24) is 30.4 Å². The summed E-state index contributed by atoms with van der Waals surface area (Å²) in [4.78, 5) is 8.19. The van der Waals surface area contributed by atoms with Crippen LogP contribution in [-0.2, 0) is 0 Å². The first-order chi connectivity index (χ1) is 8.88. The van der Waals surface area contributed by atoms with E-state index in [1.54, 1.807) is 6.07 Å². The lowest BCUT2D eigenvalue weighted by atomic mass is 10.1. The summed E-state index contributed by atoms with van der Waals surface area (Å²) in [5.74, 6) is 1.89. The standard InChI is InChI=1S/C11H9N6O/c1-18-9-3-2-7(10-12-5-14-16-10)4-8(9)11-13-6-15-17-11/h2-6H,1H2,(H,12,14,16)(H,13,15,17). The molecule has 0 saturated heterocycles. The summed E-state index contributed by atoms with van der Waals surface area (Å²) in [6.45, 7) is 0. The van der Waals surface area contributed by atoms with Gasteiger partial charge in [0.05, 0.1) is 5.56 Å². The molecule has 0 bridgehead atoms. The lowest BCUT2D eigenvalue weighted by Crippen LogP contribution is -1.90. The third-order valence-corrected chi connectivity index (χ3v) is 2.49. The number of aromatic amines is 2. The highest BCUT2D eigenvalue weighted by Gasteiger charge is 2.11. The molecule has 3 aromatic rings. The predicted octanol–water partition coefficient (Wildman–Crippen LogP) is 1.43. The van der Waals surface area contributed by atoms with E-state index >= 15 is 0 Å². The highest BCUT2D eigenvalue weighted by atomic mass is 16.5. The maximum atomic E-state index is 5.06. The fraction of sp³-hybridized carbons (Fsp3) is 0. The van der Waals surface area contributed by atoms with Crippen molar-refractivity contribution >= 4 is 0 Å². The monoisotopic (exact) mass is 241 g/mol. The lowest BCUT2D eigenvalue weighted by molar-refractivity contribution is 0.474. The van der Waals surface area contributed by atoms with Gasteiger partial charge in [0.25, 0.3) is 0 Å². The highest BCUT2D eigenvalue weighted by molar-refractivity contribution is 5.71. The molecule has 89 valence electrons. The van der Waals surface area contributed by atoms with E-state index in [4.69, 9.17) is 4.74 Å². The van der Waals surface area contributed by atoms with Gasteiger partial charge in [0.15, 0.2) is 11.6 Å². The Morgan fingerprint density at radius 2 is 1.72 bits per heavy atom. The Kier molecular flexibility index (Phi) is 2.49. The first-order valence-corrected chi connectivity index (χ1v) is 5.16. The minimum absolute atomic E-state index is 0.606. The number of benzene rings is 1. The van der Waals surface area contributed by atoms with Crippen LogP contribution >= 0.6 is 0 Å². The molecule has 0 unspecified atom stereocenters. The molecule has 0 atom stereocenters. The van der Waals surface area contributed by atoms with Gasteiger partial charge in [0, 0.05) is 5.56 Å². The summed E-state index contributed by atoms with van der Waals surface area (Å²) < 4.78 is 5.06. The van der Waals surface area contributed by atoms with E-state index in [1.807, 2.05) is 12.1 Å². The number of hydrogen-bond donors (Lipinski definition) is 2. The molecule has 7 heteroatoms. The van der Waals surface area contributed by atoms with Gasteiger partial charge < -0.3 is 4.74 Å². The Morgan fingerprint density at radius 1 is 1.00 bits per heavy atom. The van der Waals surface area contributed by atoms with Crippen molar-refractivity contribution in [3.63, 3.8) is 0 Å². The van der Waals surface area contributed by atoms with Gasteiger partial charge in [-0.2, -0.15) is 10.2 Å². The minimum Gasteiger partial charge on any atom is -0.489 e. The van der Waals surface area contributed by atoms with E-state index in [1.165, 1.54) is 12.7 Å². The number of rotatable bonds is 3. The van der Waals surface area contributed by atoms with Crippen molar-refractivity contribution < 1.29 is 4.74 Å². The van der Waals surface area contributed by atoms with Crippen molar-refractivity contribution in [1.29, 1.82) is 0 Å². The first-order valence-electron chi connectivity index (χ1n) is 5.16. The molecule has 1 aromatic carbocycles. The van der Waals surface area contributed by atoms with Gasteiger partial charge in [-0.05, 0) is 18.2 Å². The van der Waals surface area contributed by atoms with Crippen molar-refractivity contribution in [2.75, 3.05) is 0 Å². The molecule has 3 rings (SSSR count). The van der Waals surface area contributed by atoms with Gasteiger partial charge in [-0.25, -0.2) is 9.97 Å². The maximum Gasteiger partial charge on any atom is 0.159 e. The third-order valence-electron chi connectivity index (χ3n) is 2.49. The zero-order chi connectivity index (χ0) is 12.4. The predicted molar refractivity (Wildman–Crippen MR) is 63.2 cm³/mol. The minimum atomic E-state index is 0.606. The van der Waals surface area contributed by atoms with Crippen molar-refractivity contribution in [3.05, 3.63) is 38.0 Å². The molecule has 0 aliphatic heterocycles. The Labute approximate surface area is 102 Å². The Hall–Kier alpha value is -2.70. The molecule has 0 spiro atoms. The summed E-state index contributed by atoms with van der Waals surface area (Å²) in [6.07, 6.45) is 2.89. The molecule has 18 heavy (non-hydrogen) atoms. The molecule has 0 aliphatic rings. The zero-order valence-corrected chi connectivity index (χ0v) is 9.29. The number of ether oxygens (including phenoxy) is 1. The van der Waals surface area contributed by atoms with E-state index in [2.05, 4.69) is 37.5 Å². The van der Waals surface area contributed by atoms with E-state index < -0.39 is 0 Å². The van der Waals surface area contributed by atoms with E-state index in [0.29, 0.717) is 17.4 Å². The number of aromatic nitrogens is 6. The molecule has 0 saturated carbocycles. The normalized spacial score (nSPS) is 10.5. The Morgan fingerprint density at radius 3 is 2.33 bits per heavy atom. The molecule has 0 amide bonds. The quantitative estimate of drug-likeness (QED) is 0.723. The van der Waals surface area contributed by atoms with Crippen LogP contribution < -0.4 is 4.74 Å². The van der Waals surface area contributed by atoms with Crippen LogP contribution in [0.2, 0.25) is 0 Å². The summed E-state index contributed by atoms with van der Waals surface area (Å²) >= 11 is 0. The van der Waals surface area contributed by atoms with Crippen LogP contribution in [0.15, 0.2) is 30.9 Å². The highest BCUT2D eigenvalue weighted by Crippen LogP contribution is 2.30. The molecular formula is C11H9N6O.